The molecule has 2 N–H and O–H groups in total. The quantitative estimate of drug-likeness (QED) is 0.366. The number of carboxylic acids is 1. The number of carboxylic acid groups (broad SMARTS) is 1. The van der Waals surface area contributed by atoms with E-state index in [1.807, 2.05) is 12.1 Å². The molecule has 0 bridgehead atoms. The molecule has 0 spiro atoms. The van der Waals surface area contributed by atoms with Gasteiger partial charge in [-0.15, -0.1) is 0 Å². The number of nitrogens with zero attached hydrogens (tertiary/aromatic N) is 3. The summed E-state index contributed by atoms with van der Waals surface area (Å²) < 4.78 is 13.1. The van der Waals surface area contributed by atoms with E-state index in [1.165, 1.54) is 17.7 Å². The van der Waals surface area contributed by atoms with E-state index in [0.29, 0.717) is 23.5 Å². The Hall–Kier alpha value is -3.87. The van der Waals surface area contributed by atoms with Crippen LogP contribution in [0.15, 0.2) is 66.9 Å². The van der Waals surface area contributed by atoms with Gasteiger partial charge in [0, 0.05) is 29.3 Å². The number of hydrogen-bond donors (Lipinski definition) is 2. The van der Waals surface area contributed by atoms with E-state index in [1.54, 1.807) is 18.3 Å². The fourth-order valence-electron chi connectivity index (χ4n) is 4.70. The Labute approximate surface area is 196 Å². The minimum atomic E-state index is -0.692. The second-order valence-electron chi connectivity index (χ2n) is 8.88. The number of benzene rings is 2. The zero-order valence-corrected chi connectivity index (χ0v) is 18.6. The summed E-state index contributed by atoms with van der Waals surface area (Å²) >= 11 is 0. The maximum absolute atomic E-state index is 13.1. The highest BCUT2D eigenvalue weighted by molar-refractivity contribution is 5.67. The molecular formula is C27H25FN4O2. The maximum Gasteiger partial charge on any atom is 0.303 e. The van der Waals surface area contributed by atoms with Crippen LogP contribution in [0.5, 0.6) is 0 Å². The minimum absolute atomic E-state index is 0.286. The Kier molecular flexibility index (Phi) is 6.16. The van der Waals surface area contributed by atoms with Crippen molar-refractivity contribution in [1.82, 2.24) is 20.2 Å². The van der Waals surface area contributed by atoms with Crippen LogP contribution in [0.1, 0.15) is 43.6 Å². The average Bonchev–Trinajstić information content (AvgIpc) is 3.35. The van der Waals surface area contributed by atoms with Gasteiger partial charge in [-0.25, -0.2) is 9.37 Å². The standard InChI is InChI=1S/C27H25FN4O2/c28-23-12-9-21(10-13-23)26-30-27(32-31-26)22-11-14-24(29-16-22)20-7-5-19(6-8-20)18-3-1-17(2-4-18)15-25(33)34/h5-14,16-18H,1-4,15H2,(H,33,34)(H,30,31,32). The number of H-pyrrole nitrogens is 1. The summed E-state index contributed by atoms with van der Waals surface area (Å²) in [4.78, 5) is 20.0. The normalized spacial score (nSPS) is 18.0. The van der Waals surface area contributed by atoms with Crippen molar-refractivity contribution in [3.63, 3.8) is 0 Å². The van der Waals surface area contributed by atoms with Crippen LogP contribution in [0.25, 0.3) is 34.0 Å². The summed E-state index contributed by atoms with van der Waals surface area (Å²) in [6.45, 7) is 0. The van der Waals surface area contributed by atoms with E-state index >= 15 is 0 Å². The van der Waals surface area contributed by atoms with Crippen LogP contribution in [0, 0.1) is 11.7 Å². The van der Waals surface area contributed by atoms with Gasteiger partial charge in [0.25, 0.3) is 0 Å². The Morgan fingerprint density at radius 3 is 2.24 bits per heavy atom. The molecular weight excluding hydrogens is 431 g/mol. The van der Waals surface area contributed by atoms with Gasteiger partial charge in [-0.3, -0.25) is 14.9 Å². The monoisotopic (exact) mass is 456 g/mol. The van der Waals surface area contributed by atoms with Gasteiger partial charge in [0.1, 0.15) is 5.82 Å². The lowest BCUT2D eigenvalue weighted by atomic mass is 9.77. The number of aromatic nitrogens is 4. The number of aliphatic carboxylic acids is 1. The van der Waals surface area contributed by atoms with Crippen LogP contribution < -0.4 is 0 Å². The molecule has 2 aromatic carbocycles. The molecule has 1 aliphatic carbocycles. The lowest BCUT2D eigenvalue weighted by Crippen LogP contribution is -2.16. The first-order valence-electron chi connectivity index (χ1n) is 11.5. The topological polar surface area (TPSA) is 91.8 Å². The van der Waals surface area contributed by atoms with Gasteiger partial charge in [-0.05, 0) is 79.5 Å². The largest absolute Gasteiger partial charge is 0.481 e. The van der Waals surface area contributed by atoms with Crippen molar-refractivity contribution in [2.24, 2.45) is 5.92 Å². The molecule has 2 aromatic heterocycles. The van der Waals surface area contributed by atoms with Crippen LogP contribution in [-0.2, 0) is 4.79 Å². The molecule has 1 aliphatic rings. The summed E-state index contributed by atoms with van der Waals surface area (Å²) in [5.41, 5.74) is 4.78. The number of rotatable bonds is 6. The van der Waals surface area contributed by atoms with Crippen LogP contribution in [0.4, 0.5) is 4.39 Å². The molecule has 172 valence electrons. The van der Waals surface area contributed by atoms with Crippen molar-refractivity contribution < 1.29 is 14.3 Å². The smallest absolute Gasteiger partial charge is 0.303 e. The van der Waals surface area contributed by atoms with E-state index < -0.39 is 5.97 Å². The fourth-order valence-corrected chi connectivity index (χ4v) is 4.70. The zero-order chi connectivity index (χ0) is 23.5. The molecule has 0 amide bonds. The number of halogens is 1. The highest BCUT2D eigenvalue weighted by atomic mass is 19.1. The number of hydrogen-bond acceptors (Lipinski definition) is 4. The summed E-state index contributed by atoms with van der Waals surface area (Å²) in [7, 11) is 0. The van der Waals surface area contributed by atoms with E-state index in [4.69, 9.17) is 5.11 Å². The lowest BCUT2D eigenvalue weighted by molar-refractivity contribution is -0.138. The number of carbonyl (C=O) groups is 1. The van der Waals surface area contributed by atoms with Crippen LogP contribution in [0.3, 0.4) is 0 Å². The molecule has 4 aromatic rings. The van der Waals surface area contributed by atoms with E-state index in [2.05, 4.69) is 44.4 Å². The number of aromatic amines is 1. The van der Waals surface area contributed by atoms with E-state index in [0.717, 1.165) is 48.1 Å². The highest BCUT2D eigenvalue weighted by Crippen LogP contribution is 2.37. The lowest BCUT2D eigenvalue weighted by Gasteiger charge is -2.28. The fraction of sp³-hybridized carbons (Fsp3) is 0.259. The van der Waals surface area contributed by atoms with Gasteiger partial charge >= 0.3 is 5.97 Å². The minimum Gasteiger partial charge on any atom is -0.481 e. The van der Waals surface area contributed by atoms with Gasteiger partial charge in [0.15, 0.2) is 11.6 Å². The zero-order valence-electron chi connectivity index (χ0n) is 18.6. The Morgan fingerprint density at radius 1 is 0.912 bits per heavy atom. The van der Waals surface area contributed by atoms with E-state index in [9.17, 15) is 9.18 Å². The Balaban J connectivity index is 1.24. The Bertz CT molecular complexity index is 1260. The average molecular weight is 457 g/mol. The SMILES string of the molecule is O=C(O)CC1CCC(c2ccc(-c3ccc(-c4n[nH]c(-c5ccc(F)cc5)n4)cn3)cc2)CC1. The molecule has 0 radical (unpaired) electrons. The van der Waals surface area contributed by atoms with Gasteiger partial charge in [-0.2, -0.15) is 5.10 Å². The predicted octanol–water partition coefficient (Wildman–Crippen LogP) is 6.09. The van der Waals surface area contributed by atoms with Crippen molar-refractivity contribution in [3.05, 3.63) is 78.2 Å². The van der Waals surface area contributed by atoms with Crippen molar-refractivity contribution in [1.29, 1.82) is 0 Å². The van der Waals surface area contributed by atoms with Crippen molar-refractivity contribution in [2.75, 3.05) is 0 Å². The molecule has 7 heteroatoms. The molecule has 5 rings (SSSR count). The van der Waals surface area contributed by atoms with Gasteiger partial charge in [0.2, 0.25) is 0 Å². The number of pyridine rings is 1. The van der Waals surface area contributed by atoms with Crippen molar-refractivity contribution >= 4 is 5.97 Å². The van der Waals surface area contributed by atoms with Gasteiger partial charge < -0.3 is 5.11 Å². The molecule has 0 saturated heterocycles. The summed E-state index contributed by atoms with van der Waals surface area (Å²) in [6.07, 6.45) is 6.08. The third-order valence-corrected chi connectivity index (χ3v) is 6.61. The first-order valence-corrected chi connectivity index (χ1v) is 11.5. The molecule has 0 unspecified atom stereocenters. The molecule has 0 aliphatic heterocycles. The highest BCUT2D eigenvalue weighted by Gasteiger charge is 2.24. The molecule has 0 atom stereocenters. The van der Waals surface area contributed by atoms with Crippen LogP contribution in [-0.4, -0.2) is 31.2 Å². The molecule has 2 heterocycles. The van der Waals surface area contributed by atoms with Crippen LogP contribution >= 0.6 is 0 Å². The second-order valence-corrected chi connectivity index (χ2v) is 8.88. The van der Waals surface area contributed by atoms with Gasteiger partial charge in [0.05, 0.1) is 5.69 Å². The predicted molar refractivity (Wildman–Crippen MR) is 127 cm³/mol. The van der Waals surface area contributed by atoms with Crippen molar-refractivity contribution in [2.45, 2.75) is 38.0 Å². The van der Waals surface area contributed by atoms with Gasteiger partial charge in [-0.1, -0.05) is 24.3 Å². The number of nitrogens with one attached hydrogen (secondary N) is 1. The van der Waals surface area contributed by atoms with E-state index in [-0.39, 0.29) is 12.2 Å². The molecule has 6 nitrogen and oxygen atoms in total. The Morgan fingerprint density at radius 2 is 1.59 bits per heavy atom. The summed E-state index contributed by atoms with van der Waals surface area (Å²) in [5, 5.41) is 16.2. The molecule has 1 saturated carbocycles. The summed E-state index contributed by atoms with van der Waals surface area (Å²) in [5.74, 6) is 0.933. The second kappa shape index (κ2) is 9.55. The third-order valence-electron chi connectivity index (χ3n) is 6.61. The van der Waals surface area contributed by atoms with Crippen molar-refractivity contribution in [3.8, 4) is 34.0 Å². The molecule has 34 heavy (non-hydrogen) atoms. The first-order chi connectivity index (χ1) is 16.5. The van der Waals surface area contributed by atoms with Crippen LogP contribution in [0.2, 0.25) is 0 Å². The molecule has 1 fully saturated rings. The summed E-state index contributed by atoms with van der Waals surface area (Å²) in [6, 6.07) is 18.5. The first kappa shape index (κ1) is 21.9. The maximum atomic E-state index is 13.1. The third kappa shape index (κ3) is 4.88.